The molecule has 0 aromatic heterocycles. The SMILES string of the molecule is O=C(/C=C/c1ccc(O)c(O)c1)NCC(OC(=O)/C=C\c1ccc(O)c(O)c1)C(=O)O. The fourth-order valence-corrected chi connectivity index (χ4v) is 2.24. The minimum atomic E-state index is -1.65. The Morgan fingerprint density at radius 2 is 1.35 bits per heavy atom. The quantitative estimate of drug-likeness (QED) is 0.206. The molecule has 6 N–H and O–H groups in total. The Hall–Kier alpha value is -4.47. The number of hydrogen-bond donors (Lipinski definition) is 6. The molecule has 0 aliphatic carbocycles. The van der Waals surface area contributed by atoms with Gasteiger partial charge in [0.2, 0.25) is 12.0 Å². The van der Waals surface area contributed by atoms with Crippen molar-refractivity contribution in [3.05, 3.63) is 59.7 Å². The number of phenols is 4. The van der Waals surface area contributed by atoms with E-state index in [1.54, 1.807) is 0 Å². The fourth-order valence-electron chi connectivity index (χ4n) is 2.24. The average molecular weight is 429 g/mol. The Morgan fingerprint density at radius 3 is 1.84 bits per heavy atom. The summed E-state index contributed by atoms with van der Waals surface area (Å²) in [4.78, 5) is 35.0. The van der Waals surface area contributed by atoms with E-state index in [0.717, 1.165) is 12.2 Å². The van der Waals surface area contributed by atoms with Crippen LogP contribution in [0.1, 0.15) is 11.1 Å². The summed E-state index contributed by atoms with van der Waals surface area (Å²) in [5.74, 6) is -4.55. The zero-order valence-electron chi connectivity index (χ0n) is 15.9. The van der Waals surface area contributed by atoms with Gasteiger partial charge in [-0.15, -0.1) is 0 Å². The molecule has 0 saturated carbocycles. The number of benzene rings is 2. The summed E-state index contributed by atoms with van der Waals surface area (Å²) in [6, 6.07) is 7.72. The lowest BCUT2D eigenvalue weighted by atomic mass is 10.2. The number of esters is 1. The molecule has 162 valence electrons. The highest BCUT2D eigenvalue weighted by molar-refractivity contribution is 5.92. The van der Waals surface area contributed by atoms with Crippen molar-refractivity contribution in [2.24, 2.45) is 0 Å². The van der Waals surface area contributed by atoms with Crippen molar-refractivity contribution in [3.8, 4) is 23.0 Å². The highest BCUT2D eigenvalue weighted by Gasteiger charge is 2.21. The number of rotatable bonds is 8. The first-order chi connectivity index (χ1) is 14.7. The normalized spacial score (nSPS) is 12.0. The predicted octanol–water partition coefficient (Wildman–Crippen LogP) is 1.35. The topological polar surface area (TPSA) is 174 Å². The Balaban J connectivity index is 1.90. The fraction of sp³-hybridized carbons (Fsp3) is 0.0952. The van der Waals surface area contributed by atoms with Crippen molar-refractivity contribution in [3.63, 3.8) is 0 Å². The predicted molar refractivity (Wildman–Crippen MR) is 108 cm³/mol. The maximum atomic E-state index is 11.8. The van der Waals surface area contributed by atoms with E-state index in [4.69, 9.17) is 9.84 Å². The molecule has 10 heteroatoms. The van der Waals surface area contributed by atoms with E-state index >= 15 is 0 Å². The number of ether oxygens (including phenoxy) is 1. The molecule has 0 spiro atoms. The minimum absolute atomic E-state index is 0.316. The summed E-state index contributed by atoms with van der Waals surface area (Å²) in [6.07, 6.45) is 2.92. The number of amides is 1. The van der Waals surface area contributed by atoms with E-state index in [0.29, 0.717) is 11.1 Å². The van der Waals surface area contributed by atoms with Crippen LogP contribution < -0.4 is 5.32 Å². The molecule has 1 amide bonds. The van der Waals surface area contributed by atoms with E-state index in [9.17, 15) is 34.8 Å². The molecule has 0 radical (unpaired) electrons. The minimum Gasteiger partial charge on any atom is -0.504 e. The van der Waals surface area contributed by atoms with Crippen LogP contribution in [0.25, 0.3) is 12.2 Å². The lowest BCUT2D eigenvalue weighted by molar-refractivity contribution is -0.160. The second-order valence-corrected chi connectivity index (χ2v) is 6.17. The Kier molecular flexibility index (Phi) is 7.62. The number of aromatic hydroxyl groups is 4. The van der Waals surface area contributed by atoms with Gasteiger partial charge in [-0.05, 0) is 47.5 Å². The van der Waals surface area contributed by atoms with Gasteiger partial charge in [-0.3, -0.25) is 4.79 Å². The van der Waals surface area contributed by atoms with E-state index < -0.39 is 36.2 Å². The standard InChI is InChI=1S/C21H19NO9/c23-14-5-1-12(9-16(14)25)3-7-19(27)22-11-18(21(29)30)31-20(28)8-4-13-2-6-15(24)17(26)10-13/h1-10,18,23-26H,11H2,(H,22,27)(H,29,30)/b7-3+,8-4-. The molecule has 31 heavy (non-hydrogen) atoms. The number of carbonyl (C=O) groups excluding carboxylic acids is 2. The number of phenolic OH excluding ortho intramolecular Hbond substituents is 4. The lowest BCUT2D eigenvalue weighted by Gasteiger charge is -2.12. The van der Waals surface area contributed by atoms with Gasteiger partial charge in [0.05, 0.1) is 6.54 Å². The van der Waals surface area contributed by atoms with E-state index in [1.807, 2.05) is 0 Å². The maximum absolute atomic E-state index is 11.8. The Morgan fingerprint density at radius 1 is 0.839 bits per heavy atom. The van der Waals surface area contributed by atoms with Gasteiger partial charge >= 0.3 is 11.9 Å². The van der Waals surface area contributed by atoms with Crippen LogP contribution in [0.5, 0.6) is 23.0 Å². The van der Waals surface area contributed by atoms with Crippen molar-refractivity contribution < 1.29 is 44.7 Å². The zero-order valence-corrected chi connectivity index (χ0v) is 15.9. The van der Waals surface area contributed by atoms with Crippen LogP contribution in [-0.2, 0) is 19.1 Å². The highest BCUT2D eigenvalue weighted by Crippen LogP contribution is 2.26. The second kappa shape index (κ2) is 10.3. The van der Waals surface area contributed by atoms with Crippen LogP contribution in [0, 0.1) is 0 Å². The van der Waals surface area contributed by atoms with Crippen molar-refractivity contribution in [1.82, 2.24) is 5.32 Å². The monoisotopic (exact) mass is 429 g/mol. The molecule has 1 unspecified atom stereocenters. The first kappa shape index (κ1) is 22.8. The second-order valence-electron chi connectivity index (χ2n) is 6.17. The molecular formula is C21H19NO9. The van der Waals surface area contributed by atoms with Gasteiger partial charge in [0.25, 0.3) is 0 Å². The van der Waals surface area contributed by atoms with Crippen LogP contribution in [0.3, 0.4) is 0 Å². The van der Waals surface area contributed by atoms with Crippen LogP contribution in [0.4, 0.5) is 0 Å². The third kappa shape index (κ3) is 7.13. The molecule has 2 aromatic carbocycles. The molecule has 0 aliphatic rings. The van der Waals surface area contributed by atoms with Gasteiger partial charge in [0, 0.05) is 12.2 Å². The number of hydrogen-bond acceptors (Lipinski definition) is 8. The third-order valence-electron chi connectivity index (χ3n) is 3.83. The molecule has 0 bridgehead atoms. The summed E-state index contributed by atoms with van der Waals surface area (Å²) in [5.41, 5.74) is 0.773. The largest absolute Gasteiger partial charge is 0.504 e. The first-order valence-electron chi connectivity index (χ1n) is 8.77. The summed E-state index contributed by atoms with van der Waals surface area (Å²) in [6.45, 7) is -0.501. The van der Waals surface area contributed by atoms with E-state index in [1.165, 1.54) is 48.6 Å². The number of carboxylic acid groups (broad SMARTS) is 1. The molecule has 2 rings (SSSR count). The Labute approximate surface area is 176 Å². The number of carbonyl (C=O) groups is 3. The molecule has 0 heterocycles. The first-order valence-corrected chi connectivity index (χ1v) is 8.77. The van der Waals surface area contributed by atoms with Gasteiger partial charge in [-0.25, -0.2) is 9.59 Å². The summed E-state index contributed by atoms with van der Waals surface area (Å²) in [5, 5.41) is 48.7. The summed E-state index contributed by atoms with van der Waals surface area (Å²) >= 11 is 0. The number of nitrogens with one attached hydrogen (secondary N) is 1. The maximum Gasteiger partial charge on any atom is 0.346 e. The highest BCUT2D eigenvalue weighted by atomic mass is 16.6. The Bertz CT molecular complexity index is 1040. The van der Waals surface area contributed by atoms with Crippen molar-refractivity contribution in [1.29, 1.82) is 0 Å². The number of aliphatic carboxylic acids is 1. The van der Waals surface area contributed by atoms with Gasteiger partial charge in [0.1, 0.15) is 0 Å². The van der Waals surface area contributed by atoms with Gasteiger partial charge in [-0.2, -0.15) is 0 Å². The zero-order chi connectivity index (χ0) is 23.0. The van der Waals surface area contributed by atoms with Crippen LogP contribution >= 0.6 is 0 Å². The molecule has 0 fully saturated rings. The van der Waals surface area contributed by atoms with Crippen molar-refractivity contribution in [2.45, 2.75) is 6.10 Å². The molecular weight excluding hydrogens is 410 g/mol. The van der Waals surface area contributed by atoms with Gasteiger partial charge in [0.15, 0.2) is 23.0 Å². The van der Waals surface area contributed by atoms with E-state index in [2.05, 4.69) is 5.32 Å². The van der Waals surface area contributed by atoms with Crippen LogP contribution in [0.2, 0.25) is 0 Å². The molecule has 0 saturated heterocycles. The molecule has 0 aliphatic heterocycles. The van der Waals surface area contributed by atoms with Crippen molar-refractivity contribution >= 4 is 30.0 Å². The smallest absolute Gasteiger partial charge is 0.346 e. The molecule has 10 nitrogen and oxygen atoms in total. The molecule has 2 aromatic rings. The summed E-state index contributed by atoms with van der Waals surface area (Å²) < 4.78 is 4.79. The third-order valence-corrected chi connectivity index (χ3v) is 3.83. The summed E-state index contributed by atoms with van der Waals surface area (Å²) in [7, 11) is 0. The lowest BCUT2D eigenvalue weighted by Crippen LogP contribution is -2.38. The van der Waals surface area contributed by atoms with E-state index in [-0.39, 0.29) is 17.2 Å². The molecule has 1 atom stereocenters. The average Bonchev–Trinajstić information content (AvgIpc) is 2.72. The van der Waals surface area contributed by atoms with Crippen molar-refractivity contribution in [2.75, 3.05) is 6.54 Å². The van der Waals surface area contributed by atoms with Gasteiger partial charge < -0.3 is 35.6 Å². The number of carboxylic acids is 1. The van der Waals surface area contributed by atoms with Crippen LogP contribution in [0.15, 0.2) is 48.6 Å². The van der Waals surface area contributed by atoms with Gasteiger partial charge in [-0.1, -0.05) is 12.1 Å². The van der Waals surface area contributed by atoms with Crippen LogP contribution in [-0.4, -0.2) is 56.0 Å².